The van der Waals surface area contributed by atoms with Crippen molar-refractivity contribution in [3.8, 4) is 17.2 Å². The fourth-order valence-electron chi connectivity index (χ4n) is 5.38. The summed E-state index contributed by atoms with van der Waals surface area (Å²) in [6.07, 6.45) is 3.91. The van der Waals surface area contributed by atoms with E-state index in [9.17, 15) is 14.7 Å². The fraction of sp³-hybridized carbons (Fsp3) is 0.484. The predicted molar refractivity (Wildman–Crippen MR) is 150 cm³/mol. The van der Waals surface area contributed by atoms with Crippen LogP contribution in [0.5, 0.6) is 17.2 Å². The Morgan fingerprint density at radius 3 is 2.42 bits per heavy atom. The predicted octanol–water partition coefficient (Wildman–Crippen LogP) is 4.17. The lowest BCUT2D eigenvalue weighted by Crippen LogP contribution is -2.38. The van der Waals surface area contributed by atoms with Gasteiger partial charge in [0.05, 0.1) is 31.4 Å². The molecule has 0 aliphatic carbocycles. The van der Waals surface area contributed by atoms with Crippen molar-refractivity contribution in [2.24, 2.45) is 0 Å². The number of aliphatic hydroxyl groups is 1. The minimum Gasteiger partial charge on any atom is -0.507 e. The number of fused-ring (bicyclic) bond motifs is 1. The van der Waals surface area contributed by atoms with Gasteiger partial charge in [-0.3, -0.25) is 14.5 Å². The van der Waals surface area contributed by atoms with Crippen LogP contribution in [0.1, 0.15) is 49.8 Å². The Bertz CT molecular complexity index is 1220. The van der Waals surface area contributed by atoms with Gasteiger partial charge in [-0.15, -0.1) is 0 Å². The minimum absolute atomic E-state index is 0.0738. The third kappa shape index (κ3) is 6.26. The zero-order valence-corrected chi connectivity index (χ0v) is 23.1. The van der Waals surface area contributed by atoms with Crippen LogP contribution in [-0.4, -0.2) is 85.8 Å². The first-order valence-corrected chi connectivity index (χ1v) is 14.3. The second-order valence-corrected chi connectivity index (χ2v) is 10.3. The topological polar surface area (TPSA) is 97.8 Å². The van der Waals surface area contributed by atoms with Gasteiger partial charge in [-0.2, -0.15) is 0 Å². The number of benzene rings is 2. The molecule has 2 aromatic carbocycles. The largest absolute Gasteiger partial charge is 0.507 e. The van der Waals surface area contributed by atoms with Crippen molar-refractivity contribution in [3.05, 3.63) is 59.2 Å². The molecule has 9 heteroatoms. The number of rotatable bonds is 11. The van der Waals surface area contributed by atoms with Crippen molar-refractivity contribution in [2.45, 2.75) is 38.6 Å². The van der Waals surface area contributed by atoms with E-state index in [-0.39, 0.29) is 11.3 Å². The molecule has 0 saturated carbocycles. The van der Waals surface area contributed by atoms with E-state index in [1.54, 1.807) is 23.1 Å². The second-order valence-electron chi connectivity index (χ2n) is 10.3. The van der Waals surface area contributed by atoms with Gasteiger partial charge < -0.3 is 29.0 Å². The summed E-state index contributed by atoms with van der Waals surface area (Å²) in [5.74, 6) is 0.287. The molecular formula is C31H38N2O7. The van der Waals surface area contributed by atoms with Crippen LogP contribution in [0.25, 0.3) is 5.76 Å². The molecular weight excluding hydrogens is 512 g/mol. The number of aliphatic hydroxyl groups excluding tert-OH is 1. The minimum atomic E-state index is -0.716. The number of Topliss-reactive ketones (excluding diaryl/α,β-unsaturated/α-hetero) is 1. The summed E-state index contributed by atoms with van der Waals surface area (Å²) in [6.45, 7) is 7.93. The summed E-state index contributed by atoms with van der Waals surface area (Å²) in [5.41, 5.74) is 1.21. The van der Waals surface area contributed by atoms with Crippen LogP contribution >= 0.6 is 0 Å². The van der Waals surface area contributed by atoms with Gasteiger partial charge in [0.15, 0.2) is 11.5 Å². The van der Waals surface area contributed by atoms with Crippen molar-refractivity contribution in [1.29, 1.82) is 0 Å². The molecule has 1 amide bonds. The number of likely N-dealkylation sites (tertiary alicyclic amines) is 1. The quantitative estimate of drug-likeness (QED) is 0.193. The van der Waals surface area contributed by atoms with Gasteiger partial charge in [0.25, 0.3) is 11.7 Å². The summed E-state index contributed by atoms with van der Waals surface area (Å²) in [4.78, 5) is 30.7. The molecule has 40 heavy (non-hydrogen) atoms. The zero-order chi connectivity index (χ0) is 27.9. The molecule has 1 N–H and O–H groups in total. The smallest absolute Gasteiger partial charge is 0.295 e. The maximum atomic E-state index is 13.4. The van der Waals surface area contributed by atoms with Gasteiger partial charge in [-0.05, 0) is 48.7 Å². The van der Waals surface area contributed by atoms with Gasteiger partial charge in [0.1, 0.15) is 24.7 Å². The lowest BCUT2D eigenvalue weighted by molar-refractivity contribution is -0.140. The molecule has 1 unspecified atom stereocenters. The molecule has 0 radical (unpaired) electrons. The Labute approximate surface area is 235 Å². The van der Waals surface area contributed by atoms with Crippen LogP contribution in [-0.2, 0) is 14.3 Å². The summed E-state index contributed by atoms with van der Waals surface area (Å²) in [7, 11) is 0. The number of amides is 1. The number of hydrogen-bond acceptors (Lipinski definition) is 8. The fourth-order valence-corrected chi connectivity index (χ4v) is 5.38. The summed E-state index contributed by atoms with van der Waals surface area (Å²) in [6, 6.07) is 11.8. The van der Waals surface area contributed by atoms with E-state index in [0.717, 1.165) is 50.2 Å². The van der Waals surface area contributed by atoms with Crippen molar-refractivity contribution in [1.82, 2.24) is 9.80 Å². The molecule has 2 fully saturated rings. The van der Waals surface area contributed by atoms with E-state index in [4.69, 9.17) is 18.9 Å². The Morgan fingerprint density at radius 1 is 0.925 bits per heavy atom. The first-order valence-electron chi connectivity index (χ1n) is 14.3. The molecule has 9 nitrogen and oxygen atoms in total. The number of carbonyl (C=O) groups excluding carboxylic acids is 2. The normalized spacial score (nSPS) is 20.6. The van der Waals surface area contributed by atoms with Crippen molar-refractivity contribution >= 4 is 17.4 Å². The van der Waals surface area contributed by atoms with Gasteiger partial charge in [-0.25, -0.2) is 0 Å². The van der Waals surface area contributed by atoms with E-state index in [1.807, 2.05) is 24.3 Å². The summed E-state index contributed by atoms with van der Waals surface area (Å²) in [5, 5.41) is 11.4. The average Bonchev–Trinajstić information content (AvgIpc) is 3.24. The molecule has 0 spiro atoms. The molecule has 214 valence electrons. The summed E-state index contributed by atoms with van der Waals surface area (Å²) >= 11 is 0. The number of hydrogen-bond donors (Lipinski definition) is 1. The second kappa shape index (κ2) is 13.2. The standard InChI is InChI=1S/C31H38N2O7/c1-2-3-4-16-38-24-9-6-22(7-10-24)28-27(29(34)23-8-11-25-26(21-23)40-20-19-39-25)30(35)31(36)33(28)13-5-12-32-14-17-37-18-15-32/h6-11,21,28,34H,2-5,12-20H2,1H3. The third-order valence-electron chi connectivity index (χ3n) is 7.55. The highest BCUT2D eigenvalue weighted by molar-refractivity contribution is 6.46. The van der Waals surface area contributed by atoms with Gasteiger partial charge >= 0.3 is 0 Å². The number of ether oxygens (including phenoxy) is 4. The molecule has 3 aliphatic heterocycles. The third-order valence-corrected chi connectivity index (χ3v) is 7.55. The Morgan fingerprint density at radius 2 is 1.68 bits per heavy atom. The van der Waals surface area contributed by atoms with E-state index in [2.05, 4.69) is 11.8 Å². The number of ketones is 1. The van der Waals surface area contributed by atoms with Crippen LogP contribution in [0.2, 0.25) is 0 Å². The van der Waals surface area contributed by atoms with Crippen LogP contribution < -0.4 is 14.2 Å². The van der Waals surface area contributed by atoms with Crippen molar-refractivity contribution < 1.29 is 33.6 Å². The highest BCUT2D eigenvalue weighted by atomic mass is 16.6. The van der Waals surface area contributed by atoms with Crippen molar-refractivity contribution in [2.75, 3.05) is 59.2 Å². The molecule has 0 bridgehead atoms. The molecule has 5 rings (SSSR count). The van der Waals surface area contributed by atoms with Crippen LogP contribution in [0.15, 0.2) is 48.0 Å². The number of morpholine rings is 1. The Hall–Kier alpha value is -3.56. The number of unbranched alkanes of at least 4 members (excludes halogenated alkanes) is 2. The number of carbonyl (C=O) groups is 2. The van der Waals surface area contributed by atoms with Crippen LogP contribution in [0, 0.1) is 0 Å². The molecule has 2 aromatic rings. The summed E-state index contributed by atoms with van der Waals surface area (Å²) < 4.78 is 22.6. The Kier molecular flexibility index (Phi) is 9.23. The zero-order valence-electron chi connectivity index (χ0n) is 23.1. The van der Waals surface area contributed by atoms with Crippen LogP contribution in [0.4, 0.5) is 0 Å². The van der Waals surface area contributed by atoms with Gasteiger partial charge in [-0.1, -0.05) is 31.9 Å². The van der Waals surface area contributed by atoms with Gasteiger partial charge in [0.2, 0.25) is 0 Å². The maximum absolute atomic E-state index is 13.4. The SMILES string of the molecule is CCCCCOc1ccc(C2C(=C(O)c3ccc4c(c3)OCCO4)C(=O)C(=O)N2CCCN2CCOCC2)cc1. The monoisotopic (exact) mass is 550 g/mol. The highest BCUT2D eigenvalue weighted by Crippen LogP contribution is 2.41. The first kappa shape index (κ1) is 28.0. The van der Waals surface area contributed by atoms with Crippen LogP contribution in [0.3, 0.4) is 0 Å². The molecule has 2 saturated heterocycles. The highest BCUT2D eigenvalue weighted by Gasteiger charge is 2.46. The molecule has 3 heterocycles. The lowest BCUT2D eigenvalue weighted by atomic mass is 9.95. The number of nitrogens with zero attached hydrogens (tertiary/aromatic N) is 2. The molecule has 1 atom stereocenters. The van der Waals surface area contributed by atoms with Gasteiger partial charge in [0, 0.05) is 31.7 Å². The lowest BCUT2D eigenvalue weighted by Gasteiger charge is -2.29. The maximum Gasteiger partial charge on any atom is 0.295 e. The molecule has 0 aromatic heterocycles. The Balaban J connectivity index is 1.43. The van der Waals surface area contributed by atoms with E-state index in [0.29, 0.717) is 63.1 Å². The van der Waals surface area contributed by atoms with E-state index >= 15 is 0 Å². The first-order chi connectivity index (χ1) is 19.6. The average molecular weight is 551 g/mol. The van der Waals surface area contributed by atoms with Crippen molar-refractivity contribution in [3.63, 3.8) is 0 Å². The molecule has 3 aliphatic rings. The van der Waals surface area contributed by atoms with E-state index in [1.165, 1.54) is 0 Å². The van der Waals surface area contributed by atoms with E-state index < -0.39 is 17.7 Å².